The van der Waals surface area contributed by atoms with Crippen LogP contribution in [0.4, 0.5) is 5.69 Å². The molecule has 0 unspecified atom stereocenters. The topological polar surface area (TPSA) is 38.3 Å². The molecule has 25 heavy (non-hydrogen) atoms. The molecule has 1 N–H and O–H groups in total. The summed E-state index contributed by atoms with van der Waals surface area (Å²) in [5.74, 6) is 2.02. The maximum absolute atomic E-state index is 12.3. The van der Waals surface area contributed by atoms with E-state index in [0.29, 0.717) is 5.75 Å². The van der Waals surface area contributed by atoms with Crippen LogP contribution >= 0.6 is 11.8 Å². The average Bonchev–Trinajstić information content (AvgIpc) is 2.62. The summed E-state index contributed by atoms with van der Waals surface area (Å²) in [6.07, 6.45) is 0. The number of carbonyl (C=O) groups excluding carboxylic acids is 1. The zero-order chi connectivity index (χ0) is 17.6. The van der Waals surface area contributed by atoms with E-state index in [4.69, 9.17) is 4.74 Å². The summed E-state index contributed by atoms with van der Waals surface area (Å²) >= 11 is 1.59. The van der Waals surface area contributed by atoms with E-state index >= 15 is 0 Å². The largest absolute Gasteiger partial charge is 0.496 e. The van der Waals surface area contributed by atoms with Gasteiger partial charge < -0.3 is 10.1 Å². The van der Waals surface area contributed by atoms with E-state index in [9.17, 15) is 4.79 Å². The summed E-state index contributed by atoms with van der Waals surface area (Å²) < 4.78 is 5.39. The van der Waals surface area contributed by atoms with Gasteiger partial charge in [-0.3, -0.25) is 4.79 Å². The smallest absolute Gasteiger partial charge is 0.234 e. The minimum Gasteiger partial charge on any atom is -0.496 e. The molecule has 1 amide bonds. The number of benzene rings is 3. The van der Waals surface area contributed by atoms with Gasteiger partial charge >= 0.3 is 0 Å². The molecule has 4 heteroatoms. The Hall–Kier alpha value is -2.46. The first-order chi connectivity index (χ1) is 12.2. The molecule has 0 atom stereocenters. The Morgan fingerprint density at radius 1 is 1.08 bits per heavy atom. The minimum absolute atomic E-state index is 0.00738. The second kappa shape index (κ2) is 8.08. The predicted octanol–water partition coefficient (Wildman–Crippen LogP) is 5.03. The van der Waals surface area contributed by atoms with Crippen molar-refractivity contribution in [2.75, 3.05) is 18.2 Å². The molecule has 3 rings (SSSR count). The molecule has 0 saturated carbocycles. The van der Waals surface area contributed by atoms with E-state index in [1.54, 1.807) is 18.9 Å². The molecule has 0 fully saturated rings. The van der Waals surface area contributed by atoms with Crippen LogP contribution in [0.3, 0.4) is 0 Å². The van der Waals surface area contributed by atoms with Gasteiger partial charge in [-0.15, -0.1) is 11.8 Å². The van der Waals surface area contributed by atoms with Crippen molar-refractivity contribution in [1.82, 2.24) is 0 Å². The van der Waals surface area contributed by atoms with E-state index in [1.165, 1.54) is 5.56 Å². The van der Waals surface area contributed by atoms with Crippen LogP contribution in [0.5, 0.6) is 5.75 Å². The second-order valence-corrected chi connectivity index (χ2v) is 6.87. The fraction of sp³-hybridized carbons (Fsp3) is 0.190. The lowest BCUT2D eigenvalue weighted by atomic mass is 10.1. The first kappa shape index (κ1) is 17.4. The zero-order valence-electron chi connectivity index (χ0n) is 14.4. The van der Waals surface area contributed by atoms with Gasteiger partial charge in [0.15, 0.2) is 0 Å². The lowest BCUT2D eigenvalue weighted by Crippen LogP contribution is -2.14. The number of ether oxygens (including phenoxy) is 1. The summed E-state index contributed by atoms with van der Waals surface area (Å²) in [5.41, 5.74) is 3.17. The summed E-state index contributed by atoms with van der Waals surface area (Å²) in [6, 6.07) is 20.1. The fourth-order valence-electron chi connectivity index (χ4n) is 2.79. The Kier molecular flexibility index (Phi) is 5.61. The van der Waals surface area contributed by atoms with Crippen LogP contribution in [0.1, 0.15) is 11.1 Å². The Labute approximate surface area is 152 Å². The molecule has 0 bridgehead atoms. The Balaban J connectivity index is 1.61. The molecule has 128 valence electrons. The average molecular weight is 351 g/mol. The Morgan fingerprint density at radius 3 is 2.72 bits per heavy atom. The number of carbonyl (C=O) groups is 1. The van der Waals surface area contributed by atoms with Gasteiger partial charge in [0.1, 0.15) is 5.75 Å². The molecule has 0 aliphatic heterocycles. The van der Waals surface area contributed by atoms with Gasteiger partial charge in [0.05, 0.1) is 12.9 Å². The molecule has 0 heterocycles. The standard InChI is InChI=1S/C21H21NO2S/c1-15-10-11-20(24-2)17(12-15)13-25-14-21(23)22-19-9-5-7-16-6-3-4-8-18(16)19/h3-12H,13-14H2,1-2H3,(H,22,23). The third kappa shape index (κ3) is 4.34. The monoisotopic (exact) mass is 351 g/mol. The van der Waals surface area contributed by atoms with Crippen molar-refractivity contribution < 1.29 is 9.53 Å². The normalized spacial score (nSPS) is 10.6. The van der Waals surface area contributed by atoms with E-state index in [2.05, 4.69) is 18.3 Å². The number of hydrogen-bond donors (Lipinski definition) is 1. The van der Waals surface area contributed by atoms with Crippen molar-refractivity contribution in [3.63, 3.8) is 0 Å². The van der Waals surface area contributed by atoms with Gasteiger partial charge in [-0.1, -0.05) is 54.1 Å². The van der Waals surface area contributed by atoms with Gasteiger partial charge in [0.25, 0.3) is 0 Å². The molecule has 0 aromatic heterocycles. The summed E-state index contributed by atoms with van der Waals surface area (Å²) in [5, 5.41) is 5.20. The number of fused-ring (bicyclic) bond motifs is 1. The SMILES string of the molecule is COc1ccc(C)cc1CSCC(=O)Nc1cccc2ccccc12. The molecule has 0 aliphatic rings. The number of hydrogen-bond acceptors (Lipinski definition) is 3. The van der Waals surface area contributed by atoms with E-state index in [1.807, 2.05) is 54.6 Å². The van der Waals surface area contributed by atoms with Crippen LogP contribution < -0.4 is 10.1 Å². The number of rotatable bonds is 6. The third-order valence-electron chi connectivity index (χ3n) is 3.99. The van der Waals surface area contributed by atoms with E-state index in [0.717, 1.165) is 33.5 Å². The maximum Gasteiger partial charge on any atom is 0.234 e. The molecule has 0 aliphatic carbocycles. The summed E-state index contributed by atoms with van der Waals surface area (Å²) in [4.78, 5) is 12.3. The van der Waals surface area contributed by atoms with Crippen molar-refractivity contribution >= 4 is 34.1 Å². The molecule has 0 radical (unpaired) electrons. The van der Waals surface area contributed by atoms with Gasteiger partial charge in [0, 0.05) is 22.4 Å². The zero-order valence-corrected chi connectivity index (χ0v) is 15.2. The molecule has 0 spiro atoms. The molecule has 3 nitrogen and oxygen atoms in total. The van der Waals surface area contributed by atoms with Crippen LogP contribution in [0.15, 0.2) is 60.7 Å². The predicted molar refractivity (Wildman–Crippen MR) is 106 cm³/mol. The van der Waals surface area contributed by atoms with Crippen LogP contribution in [-0.2, 0) is 10.5 Å². The van der Waals surface area contributed by atoms with Gasteiger partial charge in [-0.05, 0) is 24.4 Å². The lowest BCUT2D eigenvalue weighted by molar-refractivity contribution is -0.113. The number of amides is 1. The molecule has 3 aromatic carbocycles. The highest BCUT2D eigenvalue weighted by atomic mass is 32.2. The first-order valence-corrected chi connectivity index (χ1v) is 9.32. The van der Waals surface area contributed by atoms with Crippen LogP contribution in [0.25, 0.3) is 10.8 Å². The van der Waals surface area contributed by atoms with Crippen molar-refractivity contribution in [2.24, 2.45) is 0 Å². The maximum atomic E-state index is 12.3. The first-order valence-electron chi connectivity index (χ1n) is 8.16. The number of aryl methyl sites for hydroxylation is 1. The number of nitrogens with one attached hydrogen (secondary N) is 1. The molecular formula is C21H21NO2S. The highest BCUT2D eigenvalue weighted by Gasteiger charge is 2.08. The number of thioether (sulfide) groups is 1. The van der Waals surface area contributed by atoms with E-state index < -0.39 is 0 Å². The minimum atomic E-state index is 0.00738. The Bertz CT molecular complexity index is 887. The second-order valence-electron chi connectivity index (χ2n) is 5.88. The Morgan fingerprint density at radius 2 is 1.88 bits per heavy atom. The number of anilines is 1. The quantitative estimate of drug-likeness (QED) is 0.677. The van der Waals surface area contributed by atoms with Crippen LogP contribution in [0.2, 0.25) is 0 Å². The van der Waals surface area contributed by atoms with Gasteiger partial charge in [-0.25, -0.2) is 0 Å². The van der Waals surface area contributed by atoms with Gasteiger partial charge in [0.2, 0.25) is 5.91 Å². The van der Waals surface area contributed by atoms with Gasteiger partial charge in [-0.2, -0.15) is 0 Å². The highest BCUT2D eigenvalue weighted by molar-refractivity contribution is 7.99. The molecular weight excluding hydrogens is 330 g/mol. The highest BCUT2D eigenvalue weighted by Crippen LogP contribution is 2.25. The molecule has 0 saturated heterocycles. The van der Waals surface area contributed by atoms with Crippen LogP contribution in [0, 0.1) is 6.92 Å². The number of methoxy groups -OCH3 is 1. The van der Waals surface area contributed by atoms with Crippen molar-refractivity contribution in [2.45, 2.75) is 12.7 Å². The van der Waals surface area contributed by atoms with Crippen molar-refractivity contribution in [3.8, 4) is 5.75 Å². The van der Waals surface area contributed by atoms with Crippen LogP contribution in [-0.4, -0.2) is 18.8 Å². The third-order valence-corrected chi connectivity index (χ3v) is 4.97. The summed E-state index contributed by atoms with van der Waals surface area (Å²) in [7, 11) is 1.67. The van der Waals surface area contributed by atoms with E-state index in [-0.39, 0.29) is 5.91 Å². The van der Waals surface area contributed by atoms with Crippen molar-refractivity contribution in [1.29, 1.82) is 0 Å². The summed E-state index contributed by atoms with van der Waals surface area (Å²) in [6.45, 7) is 2.06. The lowest BCUT2D eigenvalue weighted by Gasteiger charge is -2.10. The molecule has 3 aromatic rings. The van der Waals surface area contributed by atoms with Crippen molar-refractivity contribution in [3.05, 3.63) is 71.8 Å². The fourth-order valence-corrected chi connectivity index (χ4v) is 3.60.